The quantitative estimate of drug-likeness (QED) is 0.358. The third-order valence-electron chi connectivity index (χ3n) is 6.88. The summed E-state index contributed by atoms with van der Waals surface area (Å²) in [5.74, 6) is -3.31. The monoisotopic (exact) mass is 574 g/mol. The number of benzene rings is 1. The number of carbonyl (C=O) groups excluding carboxylic acids is 1. The lowest BCUT2D eigenvalue weighted by Gasteiger charge is -2.47. The Labute approximate surface area is 215 Å². The van der Waals surface area contributed by atoms with Crippen LogP contribution in [0.5, 0.6) is 0 Å². The number of anilines is 1. The van der Waals surface area contributed by atoms with Crippen LogP contribution in [0.3, 0.4) is 0 Å². The Morgan fingerprint density at radius 3 is 2.46 bits per heavy atom. The van der Waals surface area contributed by atoms with Gasteiger partial charge < -0.3 is 10.6 Å². The highest BCUT2D eigenvalue weighted by molar-refractivity contribution is 7.89. The summed E-state index contributed by atoms with van der Waals surface area (Å²) in [6.45, 7) is 0. The van der Waals surface area contributed by atoms with Crippen molar-refractivity contribution in [2.24, 2.45) is 5.41 Å². The molecule has 1 aromatic carbocycles. The van der Waals surface area contributed by atoms with Gasteiger partial charge in [-0.05, 0) is 42.3 Å². The molecular weight excluding hydrogens is 558 g/mol. The predicted octanol–water partition coefficient (Wildman–Crippen LogP) is 3.84. The smallest absolute Gasteiger partial charge is 0.381 e. The second-order valence-electron chi connectivity index (χ2n) is 9.45. The molecule has 39 heavy (non-hydrogen) atoms. The number of alkyl halides is 6. The maximum absolute atomic E-state index is 13.6. The van der Waals surface area contributed by atoms with Gasteiger partial charge in [-0.1, -0.05) is 12.1 Å². The van der Waals surface area contributed by atoms with Crippen molar-refractivity contribution in [2.75, 3.05) is 5.73 Å². The number of carbonyl (C=O) groups is 1. The first-order chi connectivity index (χ1) is 18.0. The number of nitriles is 1. The largest absolute Gasteiger partial charge is 0.492 e. The zero-order chi connectivity index (χ0) is 28.6. The molecule has 0 unspecified atom stereocenters. The van der Waals surface area contributed by atoms with Crippen LogP contribution in [0.2, 0.25) is 0 Å². The van der Waals surface area contributed by atoms with Gasteiger partial charge in [0, 0.05) is 11.8 Å². The molecule has 0 saturated heterocycles. The second-order valence-corrected chi connectivity index (χ2v) is 11.2. The third kappa shape index (κ3) is 4.23. The molecule has 0 amide bonds. The minimum Gasteiger partial charge on any atom is -0.381 e. The number of rotatable bonds is 5. The normalized spacial score (nSPS) is 23.0. The number of nitrogens with two attached hydrogens (primary N) is 1. The van der Waals surface area contributed by atoms with E-state index in [0.717, 1.165) is 22.7 Å². The van der Waals surface area contributed by atoms with E-state index in [-0.39, 0.29) is 47.1 Å². The van der Waals surface area contributed by atoms with Crippen LogP contribution < -0.4 is 5.73 Å². The number of hydrogen-bond acceptors (Lipinski definition) is 8. The first-order valence-electron chi connectivity index (χ1n) is 11.1. The third-order valence-corrected chi connectivity index (χ3v) is 8.63. The average Bonchev–Trinajstić information content (AvgIpc) is 3.53. The average molecular weight is 574 g/mol. The van der Waals surface area contributed by atoms with Gasteiger partial charge in [-0.2, -0.15) is 31.6 Å². The lowest BCUT2D eigenvalue weighted by Crippen LogP contribution is -2.58. The Morgan fingerprint density at radius 2 is 1.87 bits per heavy atom. The van der Waals surface area contributed by atoms with Crippen LogP contribution in [0.25, 0.3) is 16.9 Å². The van der Waals surface area contributed by atoms with Gasteiger partial charge in [-0.3, -0.25) is 4.40 Å². The van der Waals surface area contributed by atoms with Gasteiger partial charge in [0.2, 0.25) is 0 Å². The Hall–Kier alpha value is -3.91. The molecule has 6 rings (SSSR count). The molecule has 0 radical (unpaired) electrons. The molecule has 0 atom stereocenters. The van der Waals surface area contributed by atoms with Crippen LogP contribution in [0.15, 0.2) is 41.6 Å². The SMILES string of the molecule is N#CC12CCC(N(OC(=O)C(F)(F)F)S(=O)(=O)c3cccc(-c4cnc5c(N)nc(C(F)(F)F)cn45)c3)(C1)C2. The van der Waals surface area contributed by atoms with Crippen LogP contribution in [0.4, 0.5) is 32.2 Å². The number of imidazole rings is 1. The summed E-state index contributed by atoms with van der Waals surface area (Å²) in [5.41, 5.74) is 1.59. The molecular formula is C22H16F6N6O4S. The van der Waals surface area contributed by atoms with E-state index in [2.05, 4.69) is 14.8 Å². The Bertz CT molecular complexity index is 1650. The Morgan fingerprint density at radius 1 is 1.18 bits per heavy atom. The molecule has 3 aliphatic rings. The van der Waals surface area contributed by atoms with Crippen molar-refractivity contribution in [2.45, 2.75) is 48.5 Å². The van der Waals surface area contributed by atoms with Crippen molar-refractivity contribution >= 4 is 27.5 Å². The molecule has 2 heterocycles. The molecule has 17 heteroatoms. The number of fused-ring (bicyclic) bond motifs is 2. The van der Waals surface area contributed by atoms with Crippen LogP contribution in [-0.4, -0.2) is 44.9 Å². The minimum absolute atomic E-state index is 0.00769. The van der Waals surface area contributed by atoms with E-state index in [9.17, 15) is 44.8 Å². The van der Waals surface area contributed by atoms with Crippen molar-refractivity contribution < 1.29 is 44.4 Å². The van der Waals surface area contributed by atoms with Crippen LogP contribution in [-0.2, 0) is 25.8 Å². The van der Waals surface area contributed by atoms with E-state index >= 15 is 0 Å². The fourth-order valence-electron chi connectivity index (χ4n) is 5.19. The molecule has 3 aromatic rings. The first-order valence-corrected chi connectivity index (χ1v) is 12.5. The minimum atomic E-state index is -5.51. The molecule has 0 aliphatic heterocycles. The fourth-order valence-corrected chi connectivity index (χ4v) is 6.80. The summed E-state index contributed by atoms with van der Waals surface area (Å²) in [7, 11) is -4.97. The maximum Gasteiger partial charge on any atom is 0.492 e. The summed E-state index contributed by atoms with van der Waals surface area (Å²) in [5, 5.41) is 9.41. The molecule has 10 nitrogen and oxygen atoms in total. The molecule has 2 bridgehead atoms. The van der Waals surface area contributed by atoms with E-state index in [0.29, 0.717) is 6.20 Å². The molecule has 3 saturated carbocycles. The zero-order valence-electron chi connectivity index (χ0n) is 19.4. The molecule has 3 fully saturated rings. The first kappa shape index (κ1) is 26.7. The van der Waals surface area contributed by atoms with Crippen LogP contribution in [0.1, 0.15) is 31.4 Å². The lowest BCUT2D eigenvalue weighted by molar-refractivity contribution is -0.241. The highest BCUT2D eigenvalue weighted by atomic mass is 32.2. The highest BCUT2D eigenvalue weighted by Gasteiger charge is 2.68. The van der Waals surface area contributed by atoms with Crippen molar-refractivity contribution in [1.82, 2.24) is 18.8 Å². The van der Waals surface area contributed by atoms with Gasteiger partial charge in [0.1, 0.15) is 0 Å². The lowest BCUT2D eigenvalue weighted by atomic mass is 9.66. The highest BCUT2D eigenvalue weighted by Crippen LogP contribution is 2.64. The van der Waals surface area contributed by atoms with Gasteiger partial charge in [0.05, 0.1) is 33.8 Å². The van der Waals surface area contributed by atoms with Gasteiger partial charge in [-0.15, -0.1) is 0 Å². The molecule has 0 spiro atoms. The van der Waals surface area contributed by atoms with E-state index < -0.39 is 55.7 Å². The second kappa shape index (κ2) is 8.29. The van der Waals surface area contributed by atoms with Crippen molar-refractivity contribution in [3.8, 4) is 17.3 Å². The number of nitrogens with zero attached hydrogens (tertiary/aromatic N) is 5. The summed E-state index contributed by atoms with van der Waals surface area (Å²) in [6.07, 6.45) is -8.76. The number of halogens is 6. The Kier molecular flexibility index (Phi) is 5.67. The molecule has 3 aliphatic carbocycles. The van der Waals surface area contributed by atoms with Gasteiger partial charge in [-0.25, -0.2) is 23.2 Å². The van der Waals surface area contributed by atoms with Gasteiger partial charge in [0.15, 0.2) is 17.2 Å². The van der Waals surface area contributed by atoms with E-state index in [1.165, 1.54) is 12.1 Å². The molecule has 2 N–H and O–H groups in total. The summed E-state index contributed by atoms with van der Waals surface area (Å²) in [6, 6.07) is 6.58. The van der Waals surface area contributed by atoms with E-state index in [4.69, 9.17) is 5.73 Å². The van der Waals surface area contributed by atoms with E-state index in [1.807, 2.05) is 6.07 Å². The standard InChI is InChI=1S/C22H16F6N6O4S/c23-21(24,25)15-8-33-14(7-31-17(33)16(30)32-15)12-2-1-3-13(6-12)39(36,37)34(38-18(35)22(26,27)28)20-5-4-19(9-20,10-20)11-29/h1-3,6-8H,4-5,9-10H2,(H2,30,32). The molecule has 2 aromatic heterocycles. The van der Waals surface area contributed by atoms with Crippen molar-refractivity contribution in [3.05, 3.63) is 42.4 Å². The zero-order valence-corrected chi connectivity index (χ0v) is 20.2. The fraction of sp³-hybridized carbons (Fsp3) is 0.364. The summed E-state index contributed by atoms with van der Waals surface area (Å²) < 4.78 is 107. The predicted molar refractivity (Wildman–Crippen MR) is 118 cm³/mol. The van der Waals surface area contributed by atoms with Crippen molar-refractivity contribution in [1.29, 1.82) is 5.26 Å². The number of hydroxylamine groups is 1. The maximum atomic E-state index is 13.6. The summed E-state index contributed by atoms with van der Waals surface area (Å²) in [4.78, 5) is 22.7. The number of nitrogen functional groups attached to an aromatic ring is 1. The van der Waals surface area contributed by atoms with Gasteiger partial charge >= 0.3 is 18.3 Å². The topological polar surface area (TPSA) is 144 Å². The number of aromatic nitrogens is 3. The Balaban J connectivity index is 1.59. The van der Waals surface area contributed by atoms with E-state index in [1.54, 1.807) is 0 Å². The summed E-state index contributed by atoms with van der Waals surface area (Å²) >= 11 is 0. The number of sulfonamides is 1. The van der Waals surface area contributed by atoms with Crippen LogP contribution in [0, 0.1) is 16.7 Å². The van der Waals surface area contributed by atoms with Crippen molar-refractivity contribution in [3.63, 3.8) is 0 Å². The van der Waals surface area contributed by atoms with Crippen LogP contribution >= 0.6 is 0 Å². The van der Waals surface area contributed by atoms with Gasteiger partial charge in [0.25, 0.3) is 10.0 Å². The number of hydrogen-bond donors (Lipinski definition) is 1. The molecule has 206 valence electrons.